The first kappa shape index (κ1) is 27.0. The predicted octanol–water partition coefficient (Wildman–Crippen LogP) is 4.56. The molecule has 3 amide bonds. The van der Waals surface area contributed by atoms with E-state index in [1.807, 2.05) is 36.9 Å². The number of rotatable bonds is 6. The molecule has 0 bridgehead atoms. The van der Waals surface area contributed by atoms with E-state index < -0.39 is 11.5 Å². The second-order valence-corrected chi connectivity index (χ2v) is 9.88. The van der Waals surface area contributed by atoms with Gasteiger partial charge in [-0.1, -0.05) is 39.2 Å². The van der Waals surface area contributed by atoms with Gasteiger partial charge in [0, 0.05) is 41.8 Å². The van der Waals surface area contributed by atoms with E-state index in [1.54, 1.807) is 4.90 Å². The van der Waals surface area contributed by atoms with Crippen LogP contribution in [0.25, 0.3) is 0 Å². The average Bonchev–Trinajstić information content (AvgIpc) is 2.76. The number of anilines is 1. The van der Waals surface area contributed by atoms with Crippen LogP contribution in [0.2, 0.25) is 0 Å². The molecular formula is C25H38ClN3O4. The Kier molecular flexibility index (Phi) is 9.18. The molecule has 1 N–H and O–H groups in total. The smallest absolute Gasteiger partial charge is 0.406 e. The lowest BCUT2D eigenvalue weighted by atomic mass is 9.80. The summed E-state index contributed by atoms with van der Waals surface area (Å²) in [5, 5.41) is 2.64. The number of amides is 3. The lowest BCUT2D eigenvalue weighted by molar-refractivity contribution is -0.127. The van der Waals surface area contributed by atoms with Gasteiger partial charge in [-0.2, -0.15) is 0 Å². The quantitative estimate of drug-likeness (QED) is 0.648. The van der Waals surface area contributed by atoms with Crippen LogP contribution in [0.4, 0.5) is 10.5 Å². The van der Waals surface area contributed by atoms with Gasteiger partial charge >= 0.3 is 6.09 Å². The molecule has 33 heavy (non-hydrogen) atoms. The number of halogens is 1. The molecule has 0 saturated heterocycles. The highest BCUT2D eigenvalue weighted by atomic mass is 35.5. The molecule has 0 aromatic heterocycles. The number of ether oxygens (including phenoxy) is 1. The minimum Gasteiger partial charge on any atom is -0.453 e. The van der Waals surface area contributed by atoms with Crippen LogP contribution in [0.15, 0.2) is 18.2 Å². The summed E-state index contributed by atoms with van der Waals surface area (Å²) in [6.07, 6.45) is 5.75. The topological polar surface area (TPSA) is 79.0 Å². The highest BCUT2D eigenvalue weighted by molar-refractivity contribution is 6.02. The maximum absolute atomic E-state index is 13.6. The van der Waals surface area contributed by atoms with E-state index >= 15 is 0 Å². The Morgan fingerprint density at radius 2 is 1.88 bits per heavy atom. The van der Waals surface area contributed by atoms with Gasteiger partial charge in [-0.05, 0) is 50.8 Å². The molecule has 1 aromatic rings. The van der Waals surface area contributed by atoms with Gasteiger partial charge in [0.25, 0.3) is 5.91 Å². The molecule has 1 saturated carbocycles. The molecule has 184 valence electrons. The SMILES string of the molecule is COC(=O)NCCN1C(=O)C(C)(C)Cc2ccc(C(=O)N(C(C)C)C3CCCCC3)cc21.Cl. The summed E-state index contributed by atoms with van der Waals surface area (Å²) in [5.74, 6) is 0.0221. The summed E-state index contributed by atoms with van der Waals surface area (Å²) in [7, 11) is 1.31. The highest BCUT2D eigenvalue weighted by Crippen LogP contribution is 2.38. The summed E-state index contributed by atoms with van der Waals surface area (Å²) in [6, 6.07) is 6.13. The van der Waals surface area contributed by atoms with Crippen LogP contribution >= 0.6 is 12.4 Å². The normalized spacial score (nSPS) is 17.8. The van der Waals surface area contributed by atoms with Crippen molar-refractivity contribution < 1.29 is 19.1 Å². The van der Waals surface area contributed by atoms with Crippen molar-refractivity contribution in [1.29, 1.82) is 0 Å². The van der Waals surface area contributed by atoms with Crippen molar-refractivity contribution in [2.45, 2.75) is 78.3 Å². The Morgan fingerprint density at radius 1 is 1.21 bits per heavy atom. The molecule has 1 fully saturated rings. The summed E-state index contributed by atoms with van der Waals surface area (Å²) >= 11 is 0. The van der Waals surface area contributed by atoms with Crippen molar-refractivity contribution in [1.82, 2.24) is 10.2 Å². The number of nitrogens with one attached hydrogen (secondary N) is 1. The third-order valence-corrected chi connectivity index (χ3v) is 6.63. The fourth-order valence-electron chi connectivity index (χ4n) is 5.02. The first-order valence-corrected chi connectivity index (χ1v) is 11.7. The maximum Gasteiger partial charge on any atom is 0.406 e. The molecule has 2 aliphatic rings. The number of carbonyl (C=O) groups excluding carboxylic acids is 3. The predicted molar refractivity (Wildman–Crippen MR) is 132 cm³/mol. The van der Waals surface area contributed by atoms with Crippen molar-refractivity contribution >= 4 is 36.0 Å². The molecule has 1 aliphatic carbocycles. The number of benzene rings is 1. The van der Waals surface area contributed by atoms with Gasteiger partial charge in [0.1, 0.15) is 0 Å². The Balaban J connectivity index is 0.00000385. The second-order valence-electron chi connectivity index (χ2n) is 9.88. The zero-order chi connectivity index (χ0) is 23.5. The van der Waals surface area contributed by atoms with Crippen molar-refractivity contribution in [2.75, 3.05) is 25.1 Å². The minimum atomic E-state index is -0.546. The van der Waals surface area contributed by atoms with E-state index in [2.05, 4.69) is 23.9 Å². The van der Waals surface area contributed by atoms with E-state index in [-0.39, 0.29) is 42.8 Å². The van der Waals surface area contributed by atoms with E-state index in [4.69, 9.17) is 0 Å². The third-order valence-electron chi connectivity index (χ3n) is 6.63. The van der Waals surface area contributed by atoms with Crippen molar-refractivity contribution in [3.8, 4) is 0 Å². The van der Waals surface area contributed by atoms with Gasteiger partial charge in [0.2, 0.25) is 5.91 Å². The minimum absolute atomic E-state index is 0. The van der Waals surface area contributed by atoms with Gasteiger partial charge < -0.3 is 19.9 Å². The third kappa shape index (κ3) is 5.99. The molecule has 8 heteroatoms. The van der Waals surface area contributed by atoms with Crippen LogP contribution in [0, 0.1) is 5.41 Å². The summed E-state index contributed by atoms with van der Waals surface area (Å²) in [6.45, 7) is 8.59. The fourth-order valence-corrected chi connectivity index (χ4v) is 5.02. The Labute approximate surface area is 203 Å². The standard InChI is InChI=1S/C25H37N3O4.ClH/c1-17(2)28(20-9-7-6-8-10-20)22(29)18-11-12-19-16-25(3,4)23(30)27(21(19)15-18)14-13-26-24(31)32-5;/h11-12,15,17,20H,6-10,13-14,16H2,1-5H3,(H,26,31);1H. The Bertz CT molecular complexity index is 865. The first-order valence-electron chi connectivity index (χ1n) is 11.7. The maximum atomic E-state index is 13.6. The summed E-state index contributed by atoms with van der Waals surface area (Å²) in [4.78, 5) is 42.0. The molecule has 7 nitrogen and oxygen atoms in total. The van der Waals surface area contributed by atoms with Crippen LogP contribution in [-0.4, -0.2) is 55.1 Å². The fraction of sp³-hybridized carbons (Fsp3) is 0.640. The number of hydrogen-bond acceptors (Lipinski definition) is 4. The molecule has 3 rings (SSSR count). The van der Waals surface area contributed by atoms with Gasteiger partial charge in [0.05, 0.1) is 7.11 Å². The molecule has 0 radical (unpaired) electrons. The lowest BCUT2D eigenvalue weighted by Crippen LogP contribution is -2.49. The van der Waals surface area contributed by atoms with Crippen LogP contribution in [0.3, 0.4) is 0 Å². The number of fused-ring (bicyclic) bond motifs is 1. The van der Waals surface area contributed by atoms with Crippen LogP contribution in [-0.2, 0) is 16.0 Å². The van der Waals surface area contributed by atoms with E-state index in [0.29, 0.717) is 18.5 Å². The second kappa shape index (κ2) is 11.2. The number of hydrogen-bond donors (Lipinski definition) is 1. The molecule has 1 aromatic carbocycles. The molecule has 0 atom stereocenters. The Hall–Kier alpha value is -2.28. The monoisotopic (exact) mass is 479 g/mol. The number of alkyl carbamates (subject to hydrolysis) is 1. The number of nitrogens with zero attached hydrogens (tertiary/aromatic N) is 2. The largest absolute Gasteiger partial charge is 0.453 e. The Morgan fingerprint density at radius 3 is 2.48 bits per heavy atom. The molecule has 1 heterocycles. The van der Waals surface area contributed by atoms with E-state index in [1.165, 1.54) is 13.5 Å². The first-order chi connectivity index (χ1) is 15.2. The lowest BCUT2D eigenvalue weighted by Gasteiger charge is -2.40. The highest BCUT2D eigenvalue weighted by Gasteiger charge is 2.39. The number of carbonyl (C=O) groups is 3. The van der Waals surface area contributed by atoms with E-state index in [0.717, 1.165) is 36.9 Å². The molecule has 0 unspecified atom stereocenters. The van der Waals surface area contributed by atoms with Gasteiger partial charge in [0.15, 0.2) is 0 Å². The van der Waals surface area contributed by atoms with Crippen molar-refractivity contribution in [2.24, 2.45) is 5.41 Å². The van der Waals surface area contributed by atoms with Crippen LogP contribution < -0.4 is 10.2 Å². The van der Waals surface area contributed by atoms with Gasteiger partial charge in [-0.25, -0.2) is 4.79 Å². The van der Waals surface area contributed by atoms with E-state index in [9.17, 15) is 14.4 Å². The zero-order valence-corrected chi connectivity index (χ0v) is 21.3. The number of methoxy groups -OCH3 is 1. The van der Waals surface area contributed by atoms with Crippen LogP contribution in [0.1, 0.15) is 75.7 Å². The zero-order valence-electron chi connectivity index (χ0n) is 20.5. The van der Waals surface area contributed by atoms with Gasteiger partial charge in [-0.15, -0.1) is 12.4 Å². The molecular weight excluding hydrogens is 442 g/mol. The van der Waals surface area contributed by atoms with Gasteiger partial charge in [-0.3, -0.25) is 9.59 Å². The van der Waals surface area contributed by atoms with Crippen molar-refractivity contribution in [3.05, 3.63) is 29.3 Å². The van der Waals surface area contributed by atoms with Crippen LogP contribution in [0.5, 0.6) is 0 Å². The molecule has 1 aliphatic heterocycles. The summed E-state index contributed by atoms with van der Waals surface area (Å²) < 4.78 is 4.63. The summed E-state index contributed by atoms with van der Waals surface area (Å²) in [5.41, 5.74) is 1.87. The average molecular weight is 480 g/mol. The van der Waals surface area contributed by atoms with Crippen molar-refractivity contribution in [3.63, 3.8) is 0 Å². The molecule has 0 spiro atoms.